The summed E-state index contributed by atoms with van der Waals surface area (Å²) in [6.07, 6.45) is 3.46. The van der Waals surface area contributed by atoms with Crippen LogP contribution in [0.2, 0.25) is 0 Å². The maximum Gasteiger partial charge on any atom is -0.000642 e. The van der Waals surface area contributed by atoms with E-state index in [-0.39, 0.29) is 0 Å². The van der Waals surface area contributed by atoms with E-state index in [0.29, 0.717) is 0 Å². The highest BCUT2D eigenvalue weighted by Gasteiger charge is 1.95. The Balaban J connectivity index is 3.73. The van der Waals surface area contributed by atoms with Gasteiger partial charge in [-0.3, -0.25) is 0 Å². The van der Waals surface area contributed by atoms with E-state index in [1.165, 1.54) is 23.3 Å². The molecule has 0 aromatic heterocycles. The van der Waals surface area contributed by atoms with Crippen LogP contribution in [-0.2, 0) is 0 Å². The molecule has 0 atom stereocenters. The molecule has 0 spiro atoms. The molecule has 0 aliphatic carbocycles. The summed E-state index contributed by atoms with van der Waals surface area (Å²) in [6, 6.07) is 0. The van der Waals surface area contributed by atoms with Crippen molar-refractivity contribution in [3.8, 4) is 0 Å². The zero-order valence-corrected chi connectivity index (χ0v) is 8.67. The molecular weight excluding hydrogens is 154 g/mol. The minimum Gasteiger partial charge on any atom is -0.319 e. The average Bonchev–Trinajstić information content (AvgIpc) is 2.00. The maximum atomic E-state index is 4.43. The van der Waals surface area contributed by atoms with Crippen molar-refractivity contribution in [3.05, 3.63) is 10.5 Å². The van der Waals surface area contributed by atoms with Crippen LogP contribution in [0.3, 0.4) is 0 Å². The Labute approximate surface area is 75.7 Å². The van der Waals surface area contributed by atoms with Crippen LogP contribution in [0, 0.1) is 0 Å². The predicted octanol–water partition coefficient (Wildman–Crippen LogP) is 2.60. The molecule has 0 aliphatic rings. The van der Waals surface area contributed by atoms with Crippen LogP contribution in [-0.4, -0.2) is 13.6 Å². The van der Waals surface area contributed by atoms with Gasteiger partial charge in [0, 0.05) is 0 Å². The predicted molar refractivity (Wildman–Crippen MR) is 55.1 cm³/mol. The van der Waals surface area contributed by atoms with Crippen molar-refractivity contribution < 1.29 is 0 Å². The van der Waals surface area contributed by atoms with Crippen molar-refractivity contribution in [2.45, 2.75) is 33.1 Å². The van der Waals surface area contributed by atoms with E-state index in [1.54, 1.807) is 0 Å². The fourth-order valence-electron chi connectivity index (χ4n) is 0.976. The van der Waals surface area contributed by atoms with Gasteiger partial charge >= 0.3 is 0 Å². The van der Waals surface area contributed by atoms with Crippen LogP contribution >= 0.6 is 12.6 Å². The first-order valence-corrected chi connectivity index (χ1v) is 4.69. The Hall–Kier alpha value is 0.0500. The lowest BCUT2D eigenvalue weighted by molar-refractivity contribution is 0.791. The topological polar surface area (TPSA) is 12.0 Å². The van der Waals surface area contributed by atoms with Crippen molar-refractivity contribution in [1.29, 1.82) is 0 Å². The standard InChI is InChI=1S/C9H19NS/c1-4-5-8(2)9(11)6-7-10-3/h10-11H,4-7H2,1-3H3/b9-8-. The Kier molecular flexibility index (Phi) is 6.77. The number of hydrogen-bond donors (Lipinski definition) is 2. The summed E-state index contributed by atoms with van der Waals surface area (Å²) >= 11 is 4.43. The summed E-state index contributed by atoms with van der Waals surface area (Å²) in [5.74, 6) is 0. The summed E-state index contributed by atoms with van der Waals surface area (Å²) in [4.78, 5) is 1.25. The van der Waals surface area contributed by atoms with E-state index in [4.69, 9.17) is 0 Å². The molecule has 1 nitrogen and oxygen atoms in total. The van der Waals surface area contributed by atoms with Crippen LogP contribution in [0.25, 0.3) is 0 Å². The molecule has 1 N–H and O–H groups in total. The van der Waals surface area contributed by atoms with Gasteiger partial charge in [-0.2, -0.15) is 0 Å². The molecule has 0 unspecified atom stereocenters. The van der Waals surface area contributed by atoms with Gasteiger partial charge in [-0.05, 0) is 38.3 Å². The van der Waals surface area contributed by atoms with Gasteiger partial charge < -0.3 is 5.32 Å². The fourth-order valence-corrected chi connectivity index (χ4v) is 1.20. The normalized spacial score (nSPS) is 13.1. The Morgan fingerprint density at radius 2 is 2.00 bits per heavy atom. The van der Waals surface area contributed by atoms with Crippen molar-refractivity contribution in [2.24, 2.45) is 0 Å². The molecule has 2 heteroatoms. The first-order chi connectivity index (χ1) is 5.22. The molecule has 0 saturated heterocycles. The van der Waals surface area contributed by atoms with Crippen LogP contribution < -0.4 is 5.32 Å². The van der Waals surface area contributed by atoms with Gasteiger partial charge in [-0.15, -0.1) is 12.6 Å². The molecule has 0 bridgehead atoms. The Morgan fingerprint density at radius 3 is 2.45 bits per heavy atom. The number of rotatable bonds is 5. The molecule has 0 aliphatic heterocycles. The van der Waals surface area contributed by atoms with E-state index in [2.05, 4.69) is 31.8 Å². The summed E-state index contributed by atoms with van der Waals surface area (Å²) in [5.41, 5.74) is 1.44. The first kappa shape index (κ1) is 11.1. The third-order valence-electron chi connectivity index (χ3n) is 1.73. The summed E-state index contributed by atoms with van der Waals surface area (Å²) in [7, 11) is 1.97. The SMILES string of the molecule is CCC/C(C)=C(\S)CCNC. The van der Waals surface area contributed by atoms with Crippen LogP contribution in [0.15, 0.2) is 10.5 Å². The zero-order chi connectivity index (χ0) is 8.69. The van der Waals surface area contributed by atoms with Crippen molar-refractivity contribution >= 4 is 12.6 Å². The Morgan fingerprint density at radius 1 is 1.36 bits per heavy atom. The molecule has 0 rings (SSSR count). The van der Waals surface area contributed by atoms with Gasteiger partial charge in [0.15, 0.2) is 0 Å². The fraction of sp³-hybridized carbons (Fsp3) is 0.778. The Bertz CT molecular complexity index is 130. The third kappa shape index (κ3) is 5.33. The highest BCUT2D eigenvalue weighted by molar-refractivity contribution is 7.84. The van der Waals surface area contributed by atoms with Gasteiger partial charge in [0.2, 0.25) is 0 Å². The minimum absolute atomic E-state index is 1.03. The van der Waals surface area contributed by atoms with E-state index in [1.807, 2.05) is 7.05 Å². The average molecular weight is 173 g/mol. The van der Waals surface area contributed by atoms with Gasteiger partial charge in [-0.1, -0.05) is 18.9 Å². The second-order valence-corrected chi connectivity index (χ2v) is 3.37. The third-order valence-corrected chi connectivity index (χ3v) is 2.33. The van der Waals surface area contributed by atoms with Gasteiger partial charge in [0.1, 0.15) is 0 Å². The highest BCUT2D eigenvalue weighted by atomic mass is 32.1. The summed E-state index contributed by atoms with van der Waals surface area (Å²) < 4.78 is 0. The van der Waals surface area contributed by atoms with Crippen LogP contribution in [0.5, 0.6) is 0 Å². The minimum atomic E-state index is 1.03. The number of allylic oxidation sites excluding steroid dienone is 1. The molecule has 0 fully saturated rings. The lowest BCUT2D eigenvalue weighted by Crippen LogP contribution is -2.07. The molecule has 11 heavy (non-hydrogen) atoms. The monoisotopic (exact) mass is 173 g/mol. The summed E-state index contributed by atoms with van der Waals surface area (Å²) in [6.45, 7) is 5.39. The zero-order valence-electron chi connectivity index (χ0n) is 7.78. The summed E-state index contributed by atoms with van der Waals surface area (Å²) in [5, 5.41) is 3.11. The molecule has 0 aromatic carbocycles. The number of hydrogen-bond acceptors (Lipinski definition) is 2. The van der Waals surface area contributed by atoms with E-state index in [0.717, 1.165) is 13.0 Å². The van der Waals surface area contributed by atoms with Crippen LogP contribution in [0.1, 0.15) is 33.1 Å². The molecule has 0 heterocycles. The first-order valence-electron chi connectivity index (χ1n) is 4.24. The lowest BCUT2D eigenvalue weighted by atomic mass is 10.1. The second-order valence-electron chi connectivity index (χ2n) is 2.83. The second kappa shape index (κ2) is 6.74. The van der Waals surface area contributed by atoms with E-state index < -0.39 is 0 Å². The number of thiol groups is 1. The van der Waals surface area contributed by atoms with Gasteiger partial charge in [-0.25, -0.2) is 0 Å². The largest absolute Gasteiger partial charge is 0.319 e. The van der Waals surface area contributed by atoms with Gasteiger partial charge in [0.25, 0.3) is 0 Å². The van der Waals surface area contributed by atoms with Gasteiger partial charge in [0.05, 0.1) is 0 Å². The van der Waals surface area contributed by atoms with Crippen LogP contribution in [0.4, 0.5) is 0 Å². The molecule has 0 saturated carbocycles. The molecule has 0 aromatic rings. The molecular formula is C9H19NS. The molecule has 66 valence electrons. The maximum absolute atomic E-state index is 4.43. The van der Waals surface area contributed by atoms with E-state index in [9.17, 15) is 0 Å². The quantitative estimate of drug-likeness (QED) is 0.609. The number of nitrogens with one attached hydrogen (secondary N) is 1. The van der Waals surface area contributed by atoms with Crippen molar-refractivity contribution in [2.75, 3.05) is 13.6 Å². The highest BCUT2D eigenvalue weighted by Crippen LogP contribution is 2.16. The lowest BCUT2D eigenvalue weighted by Gasteiger charge is -2.04. The van der Waals surface area contributed by atoms with Crippen molar-refractivity contribution in [1.82, 2.24) is 5.32 Å². The molecule has 0 radical (unpaired) electrons. The van der Waals surface area contributed by atoms with Crippen molar-refractivity contribution in [3.63, 3.8) is 0 Å². The molecule has 0 amide bonds. The van der Waals surface area contributed by atoms with E-state index >= 15 is 0 Å². The smallest absolute Gasteiger partial charge is 0.000642 e.